The number of methoxy groups -OCH3 is 1. The van der Waals surface area contributed by atoms with E-state index in [-0.39, 0.29) is 6.04 Å². The van der Waals surface area contributed by atoms with Crippen LogP contribution in [0.3, 0.4) is 0 Å². The molecule has 102 valence electrons. The van der Waals surface area contributed by atoms with Gasteiger partial charge < -0.3 is 10.1 Å². The Morgan fingerprint density at radius 1 is 1.20 bits per heavy atom. The van der Waals surface area contributed by atoms with Gasteiger partial charge in [-0.2, -0.15) is 0 Å². The molecule has 0 aliphatic rings. The number of pyridine rings is 1. The van der Waals surface area contributed by atoms with Crippen molar-refractivity contribution in [3.63, 3.8) is 0 Å². The highest BCUT2D eigenvalue weighted by Crippen LogP contribution is 2.28. The van der Waals surface area contributed by atoms with Gasteiger partial charge in [-0.1, -0.05) is 12.1 Å². The molecule has 20 heavy (non-hydrogen) atoms. The number of rotatable bonds is 4. The Bertz CT molecular complexity index is 675. The molecule has 0 radical (unpaired) electrons. The third-order valence-electron chi connectivity index (χ3n) is 3.01. The van der Waals surface area contributed by atoms with E-state index in [1.807, 2.05) is 30.3 Å². The SMILES string of the molecule is COc1ccc(NC(C)c2nc3ccccc3s2)cn1. The second kappa shape index (κ2) is 5.46. The number of fused-ring (bicyclic) bond motifs is 1. The summed E-state index contributed by atoms with van der Waals surface area (Å²) >= 11 is 1.71. The lowest BCUT2D eigenvalue weighted by Crippen LogP contribution is -2.06. The molecule has 5 heteroatoms. The van der Waals surface area contributed by atoms with Crippen molar-refractivity contribution in [1.82, 2.24) is 9.97 Å². The first-order valence-corrected chi connectivity index (χ1v) is 7.20. The Labute approximate surface area is 121 Å². The summed E-state index contributed by atoms with van der Waals surface area (Å²) in [7, 11) is 1.61. The largest absolute Gasteiger partial charge is 0.481 e. The van der Waals surface area contributed by atoms with Crippen molar-refractivity contribution in [2.24, 2.45) is 0 Å². The van der Waals surface area contributed by atoms with E-state index >= 15 is 0 Å². The molecule has 0 saturated heterocycles. The van der Waals surface area contributed by atoms with Crippen molar-refractivity contribution in [2.45, 2.75) is 13.0 Å². The van der Waals surface area contributed by atoms with Crippen molar-refractivity contribution >= 4 is 27.2 Å². The van der Waals surface area contributed by atoms with E-state index in [9.17, 15) is 0 Å². The molecule has 4 nitrogen and oxygen atoms in total. The van der Waals surface area contributed by atoms with Crippen molar-refractivity contribution in [1.29, 1.82) is 0 Å². The molecule has 0 bridgehead atoms. The monoisotopic (exact) mass is 285 g/mol. The molecule has 3 aromatic rings. The van der Waals surface area contributed by atoms with Gasteiger partial charge in [0.1, 0.15) is 5.01 Å². The summed E-state index contributed by atoms with van der Waals surface area (Å²) in [6.07, 6.45) is 1.77. The maximum Gasteiger partial charge on any atom is 0.213 e. The molecule has 1 unspecified atom stereocenters. The maximum absolute atomic E-state index is 5.05. The van der Waals surface area contributed by atoms with Crippen LogP contribution in [0.2, 0.25) is 0 Å². The van der Waals surface area contributed by atoms with Crippen LogP contribution < -0.4 is 10.1 Å². The van der Waals surface area contributed by atoms with Crippen LogP contribution in [0, 0.1) is 0 Å². The highest BCUT2D eigenvalue weighted by molar-refractivity contribution is 7.18. The summed E-state index contributed by atoms with van der Waals surface area (Å²) in [5.41, 5.74) is 2.01. The molecule has 2 aromatic heterocycles. The molecular weight excluding hydrogens is 270 g/mol. The first-order valence-electron chi connectivity index (χ1n) is 6.38. The third-order valence-corrected chi connectivity index (χ3v) is 4.23. The van der Waals surface area contributed by atoms with Gasteiger partial charge in [0.15, 0.2) is 0 Å². The fourth-order valence-electron chi connectivity index (χ4n) is 1.97. The summed E-state index contributed by atoms with van der Waals surface area (Å²) < 4.78 is 6.26. The van der Waals surface area contributed by atoms with E-state index in [4.69, 9.17) is 4.74 Å². The Hall–Kier alpha value is -2.14. The molecule has 0 aliphatic carbocycles. The minimum atomic E-state index is 0.141. The van der Waals surface area contributed by atoms with E-state index < -0.39 is 0 Å². The summed E-state index contributed by atoms with van der Waals surface area (Å²) in [4.78, 5) is 8.84. The predicted molar refractivity (Wildman–Crippen MR) is 82.4 cm³/mol. The van der Waals surface area contributed by atoms with Gasteiger partial charge in [0.05, 0.1) is 35.3 Å². The Balaban J connectivity index is 1.79. The number of anilines is 1. The second-order valence-corrected chi connectivity index (χ2v) is 5.54. The fourth-order valence-corrected chi connectivity index (χ4v) is 2.94. The Morgan fingerprint density at radius 2 is 2.05 bits per heavy atom. The Morgan fingerprint density at radius 3 is 2.75 bits per heavy atom. The van der Waals surface area contributed by atoms with E-state index in [2.05, 4.69) is 28.3 Å². The molecule has 2 heterocycles. The molecule has 1 atom stereocenters. The summed E-state index contributed by atoms with van der Waals surface area (Å²) in [5.74, 6) is 0.614. The van der Waals surface area contributed by atoms with Gasteiger partial charge in [-0.15, -0.1) is 11.3 Å². The van der Waals surface area contributed by atoms with Gasteiger partial charge in [0.25, 0.3) is 0 Å². The van der Waals surface area contributed by atoms with Crippen molar-refractivity contribution in [3.8, 4) is 5.88 Å². The average molecular weight is 285 g/mol. The standard InChI is InChI=1S/C15H15N3OS/c1-10(17-11-7-8-14(19-2)16-9-11)15-18-12-5-3-4-6-13(12)20-15/h3-10,17H,1-2H3. The lowest BCUT2D eigenvalue weighted by Gasteiger charge is -2.12. The van der Waals surface area contributed by atoms with Crippen molar-refractivity contribution < 1.29 is 4.74 Å². The van der Waals surface area contributed by atoms with Crippen LogP contribution in [0.25, 0.3) is 10.2 Å². The molecule has 0 saturated carbocycles. The van der Waals surface area contributed by atoms with Gasteiger partial charge in [0, 0.05) is 6.07 Å². The van der Waals surface area contributed by atoms with Gasteiger partial charge in [-0.3, -0.25) is 0 Å². The smallest absolute Gasteiger partial charge is 0.213 e. The Kier molecular flexibility index (Phi) is 3.52. The van der Waals surface area contributed by atoms with E-state index in [0.717, 1.165) is 16.2 Å². The first kappa shape index (κ1) is 12.9. The minimum Gasteiger partial charge on any atom is -0.481 e. The zero-order chi connectivity index (χ0) is 13.9. The van der Waals surface area contributed by atoms with Crippen LogP contribution in [0.15, 0.2) is 42.6 Å². The number of benzene rings is 1. The number of nitrogens with one attached hydrogen (secondary N) is 1. The number of para-hydroxylation sites is 1. The zero-order valence-corrected chi connectivity index (χ0v) is 12.1. The van der Waals surface area contributed by atoms with Crippen LogP contribution in [0.4, 0.5) is 5.69 Å². The molecule has 0 fully saturated rings. The van der Waals surface area contributed by atoms with E-state index in [1.165, 1.54) is 4.70 Å². The number of hydrogen-bond donors (Lipinski definition) is 1. The molecule has 3 rings (SSSR count). The summed E-state index contributed by atoms with van der Waals surface area (Å²) in [6, 6.07) is 12.1. The van der Waals surface area contributed by atoms with Crippen molar-refractivity contribution in [3.05, 3.63) is 47.6 Å². The highest BCUT2D eigenvalue weighted by Gasteiger charge is 2.11. The molecule has 1 N–H and O–H groups in total. The van der Waals surface area contributed by atoms with Crippen LogP contribution in [-0.4, -0.2) is 17.1 Å². The number of ether oxygens (including phenoxy) is 1. The third kappa shape index (κ3) is 2.58. The molecule has 0 aliphatic heterocycles. The quantitative estimate of drug-likeness (QED) is 0.790. The van der Waals surface area contributed by atoms with Crippen LogP contribution >= 0.6 is 11.3 Å². The zero-order valence-electron chi connectivity index (χ0n) is 11.3. The molecule has 1 aromatic carbocycles. The normalized spacial score (nSPS) is 12.3. The second-order valence-electron chi connectivity index (χ2n) is 4.48. The topological polar surface area (TPSA) is 47.0 Å². The lowest BCUT2D eigenvalue weighted by atomic mass is 10.3. The van der Waals surface area contributed by atoms with Gasteiger partial charge in [-0.05, 0) is 25.1 Å². The number of thiazole rings is 1. The van der Waals surface area contributed by atoms with Crippen molar-refractivity contribution in [2.75, 3.05) is 12.4 Å². The van der Waals surface area contributed by atoms with E-state index in [0.29, 0.717) is 5.88 Å². The highest BCUT2D eigenvalue weighted by atomic mass is 32.1. The molecule has 0 spiro atoms. The fraction of sp³-hybridized carbons (Fsp3) is 0.200. The first-order chi connectivity index (χ1) is 9.76. The van der Waals surface area contributed by atoms with Gasteiger partial charge in [0.2, 0.25) is 5.88 Å². The summed E-state index contributed by atoms with van der Waals surface area (Å²) in [5, 5.41) is 4.47. The summed E-state index contributed by atoms with van der Waals surface area (Å²) in [6.45, 7) is 2.10. The van der Waals surface area contributed by atoms with Gasteiger partial charge in [-0.25, -0.2) is 9.97 Å². The van der Waals surface area contributed by atoms with Gasteiger partial charge >= 0.3 is 0 Å². The number of nitrogens with zero attached hydrogens (tertiary/aromatic N) is 2. The van der Waals surface area contributed by atoms with Crippen LogP contribution in [0.5, 0.6) is 5.88 Å². The van der Waals surface area contributed by atoms with E-state index in [1.54, 1.807) is 24.6 Å². The molecular formula is C15H15N3OS. The predicted octanol–water partition coefficient (Wildman–Crippen LogP) is 3.87. The number of aromatic nitrogens is 2. The number of hydrogen-bond acceptors (Lipinski definition) is 5. The average Bonchev–Trinajstić information content (AvgIpc) is 2.92. The van der Waals surface area contributed by atoms with Crippen LogP contribution in [-0.2, 0) is 0 Å². The van der Waals surface area contributed by atoms with Crippen LogP contribution in [0.1, 0.15) is 18.0 Å². The minimum absolute atomic E-state index is 0.141. The molecule has 0 amide bonds. The maximum atomic E-state index is 5.05. The lowest BCUT2D eigenvalue weighted by molar-refractivity contribution is 0.398.